The van der Waals surface area contributed by atoms with Crippen molar-refractivity contribution >= 4 is 0 Å². The predicted octanol–water partition coefficient (Wildman–Crippen LogP) is 2.67. The molecule has 0 aromatic heterocycles. The van der Waals surface area contributed by atoms with Crippen LogP contribution in [-0.4, -0.2) is 30.7 Å². The van der Waals surface area contributed by atoms with Gasteiger partial charge in [0.15, 0.2) is 0 Å². The van der Waals surface area contributed by atoms with E-state index in [-0.39, 0.29) is 12.8 Å². The zero-order valence-electron chi connectivity index (χ0n) is 8.12. The van der Waals surface area contributed by atoms with Crippen molar-refractivity contribution in [2.45, 2.75) is 32.9 Å². The molecule has 0 aromatic carbocycles. The standard InChI is InChI=1S/C9H16F3N/c1-3-13-6-4-8(2,5-7-13)9(10,11)12/h3-7H2,1-2H3. The van der Waals surface area contributed by atoms with Crippen molar-refractivity contribution in [3.8, 4) is 0 Å². The number of rotatable bonds is 1. The highest BCUT2D eigenvalue weighted by Crippen LogP contribution is 2.45. The van der Waals surface area contributed by atoms with Gasteiger partial charge in [0.05, 0.1) is 5.41 Å². The maximum Gasteiger partial charge on any atom is 0.394 e. The van der Waals surface area contributed by atoms with Gasteiger partial charge in [0.1, 0.15) is 0 Å². The lowest BCUT2D eigenvalue weighted by molar-refractivity contribution is -0.230. The van der Waals surface area contributed by atoms with Crippen LogP contribution in [0, 0.1) is 5.41 Å². The highest BCUT2D eigenvalue weighted by Gasteiger charge is 2.51. The van der Waals surface area contributed by atoms with E-state index in [1.54, 1.807) is 0 Å². The average molecular weight is 195 g/mol. The van der Waals surface area contributed by atoms with Gasteiger partial charge in [-0.05, 0) is 32.5 Å². The molecule has 1 aliphatic rings. The Morgan fingerprint density at radius 3 is 2.00 bits per heavy atom. The van der Waals surface area contributed by atoms with Crippen molar-refractivity contribution in [3.63, 3.8) is 0 Å². The van der Waals surface area contributed by atoms with Gasteiger partial charge in [-0.25, -0.2) is 0 Å². The van der Waals surface area contributed by atoms with Crippen LogP contribution in [0.15, 0.2) is 0 Å². The van der Waals surface area contributed by atoms with E-state index in [4.69, 9.17) is 0 Å². The van der Waals surface area contributed by atoms with Crippen molar-refractivity contribution in [1.82, 2.24) is 4.90 Å². The second-order valence-electron chi connectivity index (χ2n) is 3.99. The van der Waals surface area contributed by atoms with E-state index >= 15 is 0 Å². The fourth-order valence-electron chi connectivity index (χ4n) is 1.65. The molecule has 0 radical (unpaired) electrons. The maximum atomic E-state index is 12.5. The number of halogens is 3. The molecule has 0 saturated carbocycles. The molecule has 0 unspecified atom stereocenters. The third-order valence-corrected chi connectivity index (χ3v) is 3.09. The van der Waals surface area contributed by atoms with Gasteiger partial charge in [-0.3, -0.25) is 0 Å². The Kier molecular flexibility index (Phi) is 2.90. The van der Waals surface area contributed by atoms with E-state index < -0.39 is 11.6 Å². The van der Waals surface area contributed by atoms with Crippen LogP contribution < -0.4 is 0 Å². The minimum Gasteiger partial charge on any atom is -0.304 e. The molecule has 1 fully saturated rings. The lowest BCUT2D eigenvalue weighted by Gasteiger charge is -2.40. The zero-order valence-corrected chi connectivity index (χ0v) is 8.12. The molecule has 0 spiro atoms. The van der Waals surface area contributed by atoms with Crippen molar-refractivity contribution in [2.75, 3.05) is 19.6 Å². The molecule has 1 aliphatic heterocycles. The Bertz CT molecular complexity index is 168. The molecule has 0 atom stereocenters. The first-order valence-electron chi connectivity index (χ1n) is 4.68. The SMILES string of the molecule is CCN1CCC(C)(C(F)(F)F)CC1. The minimum atomic E-state index is -4.03. The molecule has 0 N–H and O–H groups in total. The molecule has 1 saturated heterocycles. The molecule has 1 nitrogen and oxygen atoms in total. The number of hydrogen-bond donors (Lipinski definition) is 0. The first kappa shape index (κ1) is 10.8. The first-order valence-corrected chi connectivity index (χ1v) is 4.68. The Balaban J connectivity index is 2.57. The number of piperidine rings is 1. The fourth-order valence-corrected chi connectivity index (χ4v) is 1.65. The quantitative estimate of drug-likeness (QED) is 0.621. The molecule has 0 aliphatic carbocycles. The van der Waals surface area contributed by atoms with E-state index in [0.29, 0.717) is 13.1 Å². The lowest BCUT2D eigenvalue weighted by atomic mass is 9.80. The molecule has 0 aromatic rings. The third kappa shape index (κ3) is 2.16. The van der Waals surface area contributed by atoms with Crippen LogP contribution in [0.5, 0.6) is 0 Å². The average Bonchev–Trinajstić information content (AvgIpc) is 2.04. The maximum absolute atomic E-state index is 12.5. The largest absolute Gasteiger partial charge is 0.394 e. The van der Waals surface area contributed by atoms with Gasteiger partial charge in [0.25, 0.3) is 0 Å². The fraction of sp³-hybridized carbons (Fsp3) is 1.00. The topological polar surface area (TPSA) is 3.24 Å². The molecular weight excluding hydrogens is 179 g/mol. The smallest absolute Gasteiger partial charge is 0.304 e. The van der Waals surface area contributed by atoms with E-state index in [2.05, 4.69) is 4.90 Å². The van der Waals surface area contributed by atoms with Crippen LogP contribution in [0.3, 0.4) is 0 Å². The molecule has 1 rings (SSSR count). The summed E-state index contributed by atoms with van der Waals surface area (Å²) in [5.74, 6) is 0. The molecule has 78 valence electrons. The number of hydrogen-bond acceptors (Lipinski definition) is 1. The van der Waals surface area contributed by atoms with Crippen LogP contribution >= 0.6 is 0 Å². The van der Waals surface area contributed by atoms with E-state index in [1.165, 1.54) is 6.92 Å². The monoisotopic (exact) mass is 195 g/mol. The van der Waals surface area contributed by atoms with Crippen LogP contribution in [0.2, 0.25) is 0 Å². The zero-order chi connectivity index (χ0) is 10.1. The molecule has 1 heterocycles. The summed E-state index contributed by atoms with van der Waals surface area (Å²) >= 11 is 0. The van der Waals surface area contributed by atoms with E-state index in [9.17, 15) is 13.2 Å². The van der Waals surface area contributed by atoms with Crippen molar-refractivity contribution in [3.05, 3.63) is 0 Å². The Morgan fingerprint density at radius 1 is 1.23 bits per heavy atom. The molecule has 0 amide bonds. The van der Waals surface area contributed by atoms with Gasteiger partial charge in [0.2, 0.25) is 0 Å². The second kappa shape index (κ2) is 3.48. The molecule has 0 bridgehead atoms. The third-order valence-electron chi connectivity index (χ3n) is 3.09. The van der Waals surface area contributed by atoms with Crippen LogP contribution in [0.25, 0.3) is 0 Å². The summed E-state index contributed by atoms with van der Waals surface area (Å²) in [5, 5.41) is 0. The Hall–Kier alpha value is -0.250. The van der Waals surface area contributed by atoms with Gasteiger partial charge in [-0.2, -0.15) is 13.2 Å². The highest BCUT2D eigenvalue weighted by molar-refractivity contribution is 4.87. The minimum absolute atomic E-state index is 0.240. The van der Waals surface area contributed by atoms with Gasteiger partial charge in [-0.1, -0.05) is 13.8 Å². The number of nitrogens with zero attached hydrogens (tertiary/aromatic N) is 1. The molecular formula is C9H16F3N. The Labute approximate surface area is 76.9 Å². The van der Waals surface area contributed by atoms with Gasteiger partial charge < -0.3 is 4.90 Å². The highest BCUT2D eigenvalue weighted by atomic mass is 19.4. The lowest BCUT2D eigenvalue weighted by Crippen LogP contribution is -2.46. The Morgan fingerprint density at radius 2 is 1.69 bits per heavy atom. The summed E-state index contributed by atoms with van der Waals surface area (Å²) in [6.45, 7) is 5.32. The molecule has 4 heteroatoms. The molecule has 13 heavy (non-hydrogen) atoms. The van der Waals surface area contributed by atoms with Crippen LogP contribution in [0.4, 0.5) is 13.2 Å². The van der Waals surface area contributed by atoms with Crippen molar-refractivity contribution in [1.29, 1.82) is 0 Å². The van der Waals surface area contributed by atoms with Gasteiger partial charge in [-0.15, -0.1) is 0 Å². The van der Waals surface area contributed by atoms with Crippen molar-refractivity contribution in [2.24, 2.45) is 5.41 Å². The number of likely N-dealkylation sites (tertiary alicyclic amines) is 1. The van der Waals surface area contributed by atoms with Crippen LogP contribution in [0.1, 0.15) is 26.7 Å². The normalized spacial score (nSPS) is 24.7. The second-order valence-corrected chi connectivity index (χ2v) is 3.99. The van der Waals surface area contributed by atoms with E-state index in [0.717, 1.165) is 6.54 Å². The first-order chi connectivity index (χ1) is 5.89. The summed E-state index contributed by atoms with van der Waals surface area (Å²) in [6, 6.07) is 0. The van der Waals surface area contributed by atoms with Gasteiger partial charge >= 0.3 is 6.18 Å². The summed E-state index contributed by atoms with van der Waals surface area (Å²) in [7, 11) is 0. The summed E-state index contributed by atoms with van der Waals surface area (Å²) in [5.41, 5.74) is -1.45. The summed E-state index contributed by atoms with van der Waals surface area (Å²) in [6.07, 6.45) is -3.55. The summed E-state index contributed by atoms with van der Waals surface area (Å²) < 4.78 is 37.6. The van der Waals surface area contributed by atoms with Crippen molar-refractivity contribution < 1.29 is 13.2 Å². The van der Waals surface area contributed by atoms with Crippen LogP contribution in [-0.2, 0) is 0 Å². The number of alkyl halides is 3. The summed E-state index contributed by atoms with van der Waals surface area (Å²) in [4.78, 5) is 2.06. The van der Waals surface area contributed by atoms with E-state index in [1.807, 2.05) is 6.92 Å². The predicted molar refractivity (Wildman–Crippen MR) is 45.5 cm³/mol. The van der Waals surface area contributed by atoms with Gasteiger partial charge in [0, 0.05) is 0 Å².